The van der Waals surface area contributed by atoms with Crippen molar-refractivity contribution in [2.45, 2.75) is 25.0 Å². The van der Waals surface area contributed by atoms with Crippen LogP contribution in [0.2, 0.25) is 0 Å². The zero-order chi connectivity index (χ0) is 16.4. The number of rotatable bonds is 0. The highest BCUT2D eigenvalue weighted by Gasteiger charge is 2.57. The third kappa shape index (κ3) is 1.91. The lowest BCUT2D eigenvalue weighted by Crippen LogP contribution is -2.58. The van der Waals surface area contributed by atoms with Crippen LogP contribution < -0.4 is 9.64 Å². The monoisotopic (exact) mass is 433 g/mol. The van der Waals surface area contributed by atoms with E-state index in [1.807, 2.05) is 6.07 Å². The van der Waals surface area contributed by atoms with Crippen molar-refractivity contribution in [3.05, 3.63) is 62.5 Å². The predicted molar refractivity (Wildman–Crippen MR) is 102 cm³/mol. The molecule has 0 unspecified atom stereocenters. The molecule has 0 amide bonds. The molecule has 0 saturated carbocycles. The van der Waals surface area contributed by atoms with Gasteiger partial charge in [0.15, 0.2) is 0 Å². The molecule has 0 bridgehead atoms. The molecule has 0 fully saturated rings. The van der Waals surface area contributed by atoms with Crippen molar-refractivity contribution in [2.75, 3.05) is 11.9 Å². The van der Waals surface area contributed by atoms with E-state index in [-0.39, 0.29) is 5.41 Å². The summed E-state index contributed by atoms with van der Waals surface area (Å²) in [5.74, 6) is 0.892. The van der Waals surface area contributed by atoms with E-state index < -0.39 is 5.72 Å². The van der Waals surface area contributed by atoms with Crippen molar-refractivity contribution in [1.29, 1.82) is 0 Å². The highest BCUT2D eigenvalue weighted by molar-refractivity contribution is 9.11. The maximum atomic E-state index is 6.65. The molecule has 2 heterocycles. The number of para-hydroxylation sites is 1. The van der Waals surface area contributed by atoms with E-state index in [1.54, 1.807) is 0 Å². The lowest BCUT2D eigenvalue weighted by Gasteiger charge is -2.46. The molecule has 4 rings (SSSR count). The summed E-state index contributed by atoms with van der Waals surface area (Å²) < 4.78 is 8.65. The molecule has 0 saturated heterocycles. The molecule has 23 heavy (non-hydrogen) atoms. The summed E-state index contributed by atoms with van der Waals surface area (Å²) in [7, 11) is 2.11. The van der Waals surface area contributed by atoms with Gasteiger partial charge in [-0.05, 0) is 65.7 Å². The van der Waals surface area contributed by atoms with E-state index in [1.165, 1.54) is 11.3 Å². The quantitative estimate of drug-likeness (QED) is 0.524. The van der Waals surface area contributed by atoms with E-state index in [0.29, 0.717) is 0 Å². The lowest BCUT2D eigenvalue weighted by molar-refractivity contribution is 0.0573. The number of ether oxygens (including phenoxy) is 1. The third-order valence-corrected chi connectivity index (χ3v) is 6.16. The van der Waals surface area contributed by atoms with Crippen LogP contribution in [0.5, 0.6) is 5.75 Å². The van der Waals surface area contributed by atoms with Gasteiger partial charge in [0.05, 0.1) is 9.89 Å². The molecule has 0 N–H and O–H groups in total. The van der Waals surface area contributed by atoms with E-state index in [4.69, 9.17) is 4.74 Å². The second-order valence-corrected chi connectivity index (χ2v) is 8.41. The number of hydrogen-bond acceptors (Lipinski definition) is 2. The van der Waals surface area contributed by atoms with Crippen molar-refractivity contribution in [3.8, 4) is 5.75 Å². The molecule has 2 aromatic carbocycles. The van der Waals surface area contributed by atoms with E-state index in [9.17, 15) is 0 Å². The number of likely N-dealkylation sites (N-methyl/N-ethyl adjacent to an activating group) is 1. The van der Waals surface area contributed by atoms with Gasteiger partial charge in [0, 0.05) is 22.8 Å². The fraction of sp³-hybridized carbons (Fsp3) is 0.263. The molecular weight excluding hydrogens is 418 g/mol. The Bertz CT molecular complexity index is 843. The van der Waals surface area contributed by atoms with Crippen molar-refractivity contribution in [1.82, 2.24) is 0 Å². The van der Waals surface area contributed by atoms with Crippen LogP contribution in [-0.2, 0) is 5.41 Å². The standard InChI is InChI=1S/C19H17Br2NO/c1-18(2)14-6-4-5-7-16(14)22(3)19(18)9-8-12-10-13(20)11-15(21)17(12)23-19/h4-11H,1-3H3/t19-/m1/s1. The predicted octanol–water partition coefficient (Wildman–Crippen LogP) is 5.74. The Morgan fingerprint density at radius 1 is 1.09 bits per heavy atom. The minimum Gasteiger partial charge on any atom is -0.462 e. The second kappa shape index (κ2) is 4.87. The van der Waals surface area contributed by atoms with Crippen LogP contribution in [0.15, 0.2) is 51.4 Å². The molecule has 2 nitrogen and oxygen atoms in total. The zero-order valence-electron chi connectivity index (χ0n) is 13.2. The summed E-state index contributed by atoms with van der Waals surface area (Å²) >= 11 is 7.19. The molecule has 1 atom stereocenters. The van der Waals surface area contributed by atoms with Gasteiger partial charge in [-0.25, -0.2) is 0 Å². The molecule has 2 aliphatic rings. The Morgan fingerprint density at radius 2 is 1.83 bits per heavy atom. The number of nitrogens with zero attached hydrogens (tertiary/aromatic N) is 1. The normalized spacial score (nSPS) is 23.6. The van der Waals surface area contributed by atoms with Crippen LogP contribution in [0.3, 0.4) is 0 Å². The summed E-state index contributed by atoms with van der Waals surface area (Å²) in [6.45, 7) is 4.49. The minimum atomic E-state index is -0.528. The van der Waals surface area contributed by atoms with Crippen molar-refractivity contribution >= 4 is 43.6 Å². The van der Waals surface area contributed by atoms with Crippen LogP contribution >= 0.6 is 31.9 Å². The fourth-order valence-corrected chi connectivity index (χ4v) is 5.15. The summed E-state index contributed by atoms with van der Waals surface area (Å²) in [5, 5.41) is 0. The molecule has 0 aromatic heterocycles. The smallest absolute Gasteiger partial charge is 0.211 e. The fourth-order valence-electron chi connectivity index (χ4n) is 3.81. The first kappa shape index (κ1) is 15.3. The third-order valence-electron chi connectivity index (χ3n) is 5.12. The Kier molecular flexibility index (Phi) is 3.23. The minimum absolute atomic E-state index is 0.168. The first-order valence-electron chi connectivity index (χ1n) is 7.57. The first-order valence-corrected chi connectivity index (χ1v) is 9.16. The lowest BCUT2D eigenvalue weighted by atomic mass is 9.76. The number of anilines is 1. The highest BCUT2D eigenvalue weighted by atomic mass is 79.9. The van der Waals surface area contributed by atoms with E-state index in [2.05, 4.69) is 100 Å². The highest BCUT2D eigenvalue weighted by Crippen LogP contribution is 2.55. The average Bonchev–Trinajstić information content (AvgIpc) is 2.68. The molecule has 118 valence electrons. The SMILES string of the molecule is CN1c2ccccc2C(C)(C)[C@]12C=Cc1cc(Br)cc(Br)c1O2. The van der Waals surface area contributed by atoms with Gasteiger partial charge in [0.2, 0.25) is 5.72 Å². The average molecular weight is 435 g/mol. The molecule has 4 heteroatoms. The van der Waals surface area contributed by atoms with Crippen LogP contribution in [0.1, 0.15) is 25.0 Å². The number of halogens is 2. The Morgan fingerprint density at radius 3 is 2.57 bits per heavy atom. The number of benzene rings is 2. The topological polar surface area (TPSA) is 12.5 Å². The number of hydrogen-bond donors (Lipinski definition) is 0. The molecule has 2 aromatic rings. The largest absolute Gasteiger partial charge is 0.462 e. The van der Waals surface area contributed by atoms with E-state index >= 15 is 0 Å². The number of fused-ring (bicyclic) bond motifs is 2. The first-order chi connectivity index (χ1) is 10.9. The van der Waals surface area contributed by atoms with Gasteiger partial charge in [-0.1, -0.05) is 34.1 Å². The van der Waals surface area contributed by atoms with Gasteiger partial charge in [-0.2, -0.15) is 0 Å². The molecular formula is C19H17Br2NO. The summed E-state index contributed by atoms with van der Waals surface area (Å²) in [5.41, 5.74) is 2.92. The van der Waals surface area contributed by atoms with Gasteiger partial charge in [0.25, 0.3) is 0 Å². The van der Waals surface area contributed by atoms with Gasteiger partial charge in [-0.15, -0.1) is 0 Å². The molecule has 0 aliphatic carbocycles. The van der Waals surface area contributed by atoms with E-state index in [0.717, 1.165) is 20.3 Å². The zero-order valence-corrected chi connectivity index (χ0v) is 16.4. The van der Waals surface area contributed by atoms with Crippen LogP contribution in [-0.4, -0.2) is 12.8 Å². The molecule has 2 aliphatic heterocycles. The second-order valence-electron chi connectivity index (χ2n) is 6.64. The van der Waals surface area contributed by atoms with Crippen LogP contribution in [0.4, 0.5) is 5.69 Å². The van der Waals surface area contributed by atoms with Crippen molar-refractivity contribution < 1.29 is 4.74 Å². The maximum Gasteiger partial charge on any atom is 0.211 e. The van der Waals surface area contributed by atoms with Crippen LogP contribution in [0, 0.1) is 0 Å². The van der Waals surface area contributed by atoms with Gasteiger partial charge < -0.3 is 9.64 Å². The van der Waals surface area contributed by atoms with Crippen LogP contribution in [0.25, 0.3) is 6.08 Å². The summed E-state index contributed by atoms with van der Waals surface area (Å²) in [4.78, 5) is 2.25. The molecule has 1 spiro atoms. The Hall–Kier alpha value is -1.26. The van der Waals surface area contributed by atoms with Gasteiger partial charge in [0.1, 0.15) is 5.75 Å². The van der Waals surface area contributed by atoms with Crippen molar-refractivity contribution in [3.63, 3.8) is 0 Å². The Balaban J connectivity index is 1.92. The Labute approximate surface area is 153 Å². The van der Waals surface area contributed by atoms with Gasteiger partial charge in [-0.3, -0.25) is 0 Å². The summed E-state index contributed by atoms with van der Waals surface area (Å²) in [6, 6.07) is 12.7. The van der Waals surface area contributed by atoms with Gasteiger partial charge >= 0.3 is 0 Å². The van der Waals surface area contributed by atoms with Crippen molar-refractivity contribution in [2.24, 2.45) is 0 Å². The molecule has 0 radical (unpaired) electrons. The summed E-state index contributed by atoms with van der Waals surface area (Å²) in [6.07, 6.45) is 4.35. The maximum absolute atomic E-state index is 6.65.